The second-order valence-electron chi connectivity index (χ2n) is 2.55. The van der Waals surface area contributed by atoms with Crippen molar-refractivity contribution in [3.05, 3.63) is 21.9 Å². The van der Waals surface area contributed by atoms with E-state index in [4.69, 9.17) is 34.8 Å². The first kappa shape index (κ1) is 12.0. The summed E-state index contributed by atoms with van der Waals surface area (Å²) in [4.78, 5) is 23.1. The molecular weight excluding hydrogens is 267 g/mol. The van der Waals surface area contributed by atoms with Crippen LogP contribution in [0.5, 0.6) is 0 Å². The van der Waals surface area contributed by atoms with Crippen LogP contribution in [0.3, 0.4) is 0 Å². The monoisotopic (exact) mass is 270 g/mol. The van der Waals surface area contributed by atoms with Crippen LogP contribution >= 0.6 is 46.1 Å². The number of Topliss-reactive ketones (excluding diaryl/α,β-unsaturated/α-hetero) is 2. The molecule has 1 rings (SSSR count). The van der Waals surface area contributed by atoms with Crippen LogP contribution in [0, 0.1) is 0 Å². The summed E-state index contributed by atoms with van der Waals surface area (Å²) in [5.41, 5.74) is 0. The maximum absolute atomic E-state index is 11.4. The molecule has 1 heterocycles. The molecule has 0 saturated heterocycles. The number of carbonyl (C=O) groups excluding carboxylic acids is 2. The van der Waals surface area contributed by atoms with Gasteiger partial charge in [-0.2, -0.15) is 0 Å². The van der Waals surface area contributed by atoms with Crippen molar-refractivity contribution in [2.45, 2.75) is 10.7 Å². The summed E-state index contributed by atoms with van der Waals surface area (Å²) < 4.78 is -1.96. The van der Waals surface area contributed by atoms with Crippen LogP contribution in [0.4, 0.5) is 0 Å². The summed E-state index contributed by atoms with van der Waals surface area (Å²) in [5.74, 6) is -0.724. The zero-order valence-corrected chi connectivity index (χ0v) is 10.1. The van der Waals surface area contributed by atoms with Gasteiger partial charge in [0.1, 0.15) is 0 Å². The Hall–Kier alpha value is -0.0900. The maximum Gasteiger partial charge on any atom is 0.254 e. The molecule has 0 unspecified atom stereocenters. The van der Waals surface area contributed by atoms with Crippen LogP contribution in [0.2, 0.25) is 0 Å². The number of alkyl halides is 3. The molecule has 1 aromatic rings. The highest BCUT2D eigenvalue weighted by Gasteiger charge is 2.32. The number of halogens is 3. The Balaban J connectivity index is 2.99. The van der Waals surface area contributed by atoms with E-state index in [1.165, 1.54) is 19.1 Å². The van der Waals surface area contributed by atoms with E-state index >= 15 is 0 Å². The molecule has 6 heteroatoms. The number of ketones is 2. The molecule has 0 aromatic carbocycles. The number of hydrogen-bond acceptors (Lipinski definition) is 3. The fourth-order valence-electron chi connectivity index (χ4n) is 0.789. The van der Waals surface area contributed by atoms with Gasteiger partial charge in [-0.25, -0.2) is 0 Å². The summed E-state index contributed by atoms with van der Waals surface area (Å²) >= 11 is 17.3. The average molecular weight is 272 g/mol. The minimum absolute atomic E-state index is 0.113. The van der Waals surface area contributed by atoms with Crippen molar-refractivity contribution in [1.82, 2.24) is 0 Å². The minimum Gasteiger partial charge on any atom is -0.294 e. The van der Waals surface area contributed by atoms with Crippen molar-refractivity contribution in [3.63, 3.8) is 0 Å². The number of rotatable bonds is 2. The summed E-state index contributed by atoms with van der Waals surface area (Å²) in [7, 11) is 0. The molecule has 2 nitrogen and oxygen atoms in total. The highest BCUT2D eigenvalue weighted by atomic mass is 35.6. The second kappa shape index (κ2) is 4.19. The molecule has 14 heavy (non-hydrogen) atoms. The van der Waals surface area contributed by atoms with Gasteiger partial charge < -0.3 is 0 Å². The standard InChI is InChI=1S/C8H5Cl3O2S/c1-4(12)5-2-3-6(14-5)7(13)8(9,10)11/h2-3H,1H3. The van der Waals surface area contributed by atoms with Gasteiger partial charge in [-0.3, -0.25) is 9.59 Å². The van der Waals surface area contributed by atoms with Gasteiger partial charge in [-0.05, 0) is 19.1 Å². The molecule has 0 radical (unpaired) electrons. The Kier molecular flexibility index (Phi) is 3.58. The van der Waals surface area contributed by atoms with Crippen LogP contribution < -0.4 is 0 Å². The Bertz CT molecular complexity index is 378. The van der Waals surface area contributed by atoms with E-state index in [0.717, 1.165) is 11.3 Å². The average Bonchev–Trinajstić information content (AvgIpc) is 2.48. The molecule has 0 aliphatic carbocycles. The quantitative estimate of drug-likeness (QED) is 0.609. The normalized spacial score (nSPS) is 11.4. The van der Waals surface area contributed by atoms with Crippen molar-refractivity contribution in [2.75, 3.05) is 0 Å². The summed E-state index contributed by atoms with van der Waals surface area (Å²) in [6, 6.07) is 3.02. The van der Waals surface area contributed by atoms with E-state index in [2.05, 4.69) is 0 Å². The summed E-state index contributed by atoms with van der Waals surface area (Å²) in [5, 5.41) is 0. The Labute approximate surface area is 99.8 Å². The van der Waals surface area contributed by atoms with Gasteiger partial charge in [0, 0.05) is 0 Å². The second-order valence-corrected chi connectivity index (χ2v) is 5.91. The highest BCUT2D eigenvalue weighted by molar-refractivity contribution is 7.16. The van der Waals surface area contributed by atoms with Crippen LogP contribution in [-0.4, -0.2) is 15.4 Å². The van der Waals surface area contributed by atoms with Crippen molar-refractivity contribution in [3.8, 4) is 0 Å². The largest absolute Gasteiger partial charge is 0.294 e. The third-order valence-corrected chi connectivity index (χ3v) is 3.13. The molecule has 0 fully saturated rings. The molecule has 1 aromatic heterocycles. The number of hydrogen-bond donors (Lipinski definition) is 0. The van der Waals surface area contributed by atoms with Crippen LogP contribution in [-0.2, 0) is 0 Å². The van der Waals surface area contributed by atoms with E-state index in [0.29, 0.717) is 4.88 Å². The third-order valence-electron chi connectivity index (χ3n) is 1.43. The molecule has 0 bridgehead atoms. The molecule has 0 spiro atoms. The van der Waals surface area contributed by atoms with E-state index in [-0.39, 0.29) is 10.7 Å². The van der Waals surface area contributed by atoms with E-state index < -0.39 is 9.58 Å². The molecular formula is C8H5Cl3O2S. The smallest absolute Gasteiger partial charge is 0.254 e. The third kappa shape index (κ3) is 2.70. The Morgan fingerprint density at radius 1 is 1.21 bits per heavy atom. The topological polar surface area (TPSA) is 34.1 Å². The predicted octanol–water partition coefficient (Wildman–Crippen LogP) is 3.50. The highest BCUT2D eigenvalue weighted by Crippen LogP contribution is 2.32. The number of carbonyl (C=O) groups is 2. The predicted molar refractivity (Wildman–Crippen MR) is 58.9 cm³/mol. The Morgan fingerprint density at radius 2 is 1.71 bits per heavy atom. The molecule has 0 aliphatic heterocycles. The SMILES string of the molecule is CC(=O)c1ccc(C(=O)C(Cl)(Cl)Cl)s1. The summed E-state index contributed by atoms with van der Waals surface area (Å²) in [6.07, 6.45) is 0. The van der Waals surface area contributed by atoms with E-state index in [1.54, 1.807) is 0 Å². The van der Waals surface area contributed by atoms with Gasteiger partial charge in [0.25, 0.3) is 3.79 Å². The number of thiophene rings is 1. The van der Waals surface area contributed by atoms with Gasteiger partial charge in [0.05, 0.1) is 9.75 Å². The van der Waals surface area contributed by atoms with Gasteiger partial charge in [-0.15, -0.1) is 11.3 Å². The molecule has 0 amide bonds. The van der Waals surface area contributed by atoms with Gasteiger partial charge in [-0.1, -0.05) is 34.8 Å². The van der Waals surface area contributed by atoms with Crippen molar-refractivity contribution < 1.29 is 9.59 Å². The lowest BCUT2D eigenvalue weighted by Crippen LogP contribution is -2.17. The van der Waals surface area contributed by atoms with E-state index in [1.807, 2.05) is 0 Å². The molecule has 0 N–H and O–H groups in total. The zero-order chi connectivity index (χ0) is 10.9. The molecule has 0 aliphatic rings. The first-order valence-corrected chi connectivity index (χ1v) is 5.49. The lowest BCUT2D eigenvalue weighted by atomic mass is 10.3. The van der Waals surface area contributed by atoms with Crippen LogP contribution in [0.25, 0.3) is 0 Å². The maximum atomic E-state index is 11.4. The molecule has 76 valence electrons. The van der Waals surface area contributed by atoms with Gasteiger partial charge >= 0.3 is 0 Å². The fraction of sp³-hybridized carbons (Fsp3) is 0.250. The molecule has 0 atom stereocenters. The zero-order valence-electron chi connectivity index (χ0n) is 7.01. The lowest BCUT2D eigenvalue weighted by Gasteiger charge is -2.06. The minimum atomic E-state index is -1.96. The Morgan fingerprint density at radius 3 is 2.07 bits per heavy atom. The first-order chi connectivity index (χ1) is 6.32. The molecule has 0 saturated carbocycles. The lowest BCUT2D eigenvalue weighted by molar-refractivity contribution is 0.0998. The van der Waals surface area contributed by atoms with Gasteiger partial charge in [0.2, 0.25) is 5.78 Å². The van der Waals surface area contributed by atoms with Crippen molar-refractivity contribution in [1.29, 1.82) is 0 Å². The van der Waals surface area contributed by atoms with Crippen LogP contribution in [0.1, 0.15) is 26.3 Å². The first-order valence-electron chi connectivity index (χ1n) is 3.54. The van der Waals surface area contributed by atoms with Crippen LogP contribution in [0.15, 0.2) is 12.1 Å². The van der Waals surface area contributed by atoms with E-state index in [9.17, 15) is 9.59 Å². The fourth-order valence-corrected chi connectivity index (χ4v) is 2.16. The summed E-state index contributed by atoms with van der Waals surface area (Å²) in [6.45, 7) is 1.41. The van der Waals surface area contributed by atoms with Crippen molar-refractivity contribution >= 4 is 57.7 Å². The van der Waals surface area contributed by atoms with Crippen molar-refractivity contribution in [2.24, 2.45) is 0 Å². The van der Waals surface area contributed by atoms with Gasteiger partial charge in [0.15, 0.2) is 5.78 Å².